The molecule has 144 valence electrons. The molecule has 1 heterocycles. The minimum absolute atomic E-state index is 0.102. The molecule has 6 nitrogen and oxygen atoms in total. The molecule has 0 spiro atoms. The Balaban J connectivity index is 1.87. The van der Waals surface area contributed by atoms with E-state index in [0.717, 1.165) is 11.0 Å². The second-order valence-electron chi connectivity index (χ2n) is 6.34. The lowest BCUT2D eigenvalue weighted by molar-refractivity contribution is -0.121. The van der Waals surface area contributed by atoms with Crippen molar-refractivity contribution in [1.29, 1.82) is 0 Å². The monoisotopic (exact) mass is 396 g/mol. The number of aromatic nitrogens is 2. The zero-order valence-electron chi connectivity index (χ0n) is 15.5. The Morgan fingerprint density at radius 1 is 1.21 bits per heavy atom. The summed E-state index contributed by atoms with van der Waals surface area (Å²) in [6.45, 7) is 5.94. The van der Waals surface area contributed by atoms with E-state index < -0.39 is 6.04 Å². The van der Waals surface area contributed by atoms with Crippen LogP contribution < -0.4 is 10.6 Å². The number of fused-ring (bicyclic) bond motifs is 1. The molecular weight excluding hydrogens is 376 g/mol. The number of hydrogen-bond donors (Lipinski definition) is 2. The van der Waals surface area contributed by atoms with Crippen LogP contribution in [0.25, 0.3) is 11.0 Å². The van der Waals surface area contributed by atoms with Gasteiger partial charge in [-0.25, -0.2) is 4.98 Å². The maximum atomic E-state index is 12.5. The molecule has 2 amide bonds. The number of rotatable bonds is 7. The summed E-state index contributed by atoms with van der Waals surface area (Å²) in [6.07, 6.45) is 1.62. The van der Waals surface area contributed by atoms with Gasteiger partial charge < -0.3 is 15.2 Å². The van der Waals surface area contributed by atoms with Crippen LogP contribution in [-0.2, 0) is 11.3 Å². The van der Waals surface area contributed by atoms with Gasteiger partial charge in [-0.2, -0.15) is 0 Å². The number of nitrogens with one attached hydrogen (secondary N) is 2. The van der Waals surface area contributed by atoms with Gasteiger partial charge in [-0.3, -0.25) is 9.59 Å². The van der Waals surface area contributed by atoms with E-state index in [1.54, 1.807) is 30.3 Å². The quantitative estimate of drug-likeness (QED) is 0.600. The van der Waals surface area contributed by atoms with Crippen LogP contribution in [0.3, 0.4) is 0 Å². The van der Waals surface area contributed by atoms with Crippen LogP contribution in [0.1, 0.15) is 29.1 Å². The summed E-state index contributed by atoms with van der Waals surface area (Å²) in [6, 6.07) is 13.8. The van der Waals surface area contributed by atoms with E-state index in [9.17, 15) is 9.59 Å². The topological polar surface area (TPSA) is 76.0 Å². The summed E-state index contributed by atoms with van der Waals surface area (Å²) in [5.41, 5.74) is 2.10. The molecule has 0 radical (unpaired) electrons. The van der Waals surface area contributed by atoms with Gasteiger partial charge in [0, 0.05) is 17.1 Å². The van der Waals surface area contributed by atoms with Gasteiger partial charge in [0.25, 0.3) is 5.91 Å². The smallest absolute Gasteiger partial charge is 0.251 e. The number of imidazole rings is 1. The SMILES string of the molecule is C=CCNC(=O)Cn1c(C(C)NC(=O)c2ccc(Cl)cc2)nc2ccccc21. The molecule has 0 bridgehead atoms. The molecule has 1 atom stereocenters. The molecule has 1 unspecified atom stereocenters. The zero-order valence-corrected chi connectivity index (χ0v) is 16.2. The lowest BCUT2D eigenvalue weighted by Crippen LogP contribution is -2.32. The number of benzene rings is 2. The molecule has 0 aliphatic rings. The lowest BCUT2D eigenvalue weighted by atomic mass is 10.2. The number of carbonyl (C=O) groups excluding carboxylic acids is 2. The van der Waals surface area contributed by atoms with E-state index in [-0.39, 0.29) is 18.4 Å². The summed E-state index contributed by atoms with van der Waals surface area (Å²) in [5, 5.41) is 6.27. The first kappa shape index (κ1) is 19.6. The van der Waals surface area contributed by atoms with E-state index >= 15 is 0 Å². The summed E-state index contributed by atoms with van der Waals surface area (Å²) in [5.74, 6) is 0.219. The van der Waals surface area contributed by atoms with Gasteiger partial charge >= 0.3 is 0 Å². The highest BCUT2D eigenvalue weighted by Crippen LogP contribution is 2.21. The molecule has 0 aliphatic heterocycles. The Morgan fingerprint density at radius 3 is 2.64 bits per heavy atom. The third kappa shape index (κ3) is 4.40. The van der Waals surface area contributed by atoms with Crippen LogP contribution in [0, 0.1) is 0 Å². The molecule has 0 saturated carbocycles. The number of nitrogens with zero attached hydrogens (tertiary/aromatic N) is 2. The number of halogens is 1. The Kier molecular flexibility index (Phi) is 6.11. The number of carbonyl (C=O) groups is 2. The maximum absolute atomic E-state index is 12.5. The van der Waals surface area contributed by atoms with Crippen LogP contribution in [0.5, 0.6) is 0 Å². The molecule has 3 aromatic rings. The minimum Gasteiger partial charge on any atom is -0.351 e. The molecule has 3 rings (SSSR count). The molecule has 2 aromatic carbocycles. The largest absolute Gasteiger partial charge is 0.351 e. The van der Waals surface area contributed by atoms with Crippen molar-refractivity contribution in [2.24, 2.45) is 0 Å². The Bertz CT molecular complexity index is 1010. The van der Waals surface area contributed by atoms with Gasteiger partial charge in [0.05, 0.1) is 17.1 Å². The molecule has 2 N–H and O–H groups in total. The van der Waals surface area contributed by atoms with Crippen molar-refractivity contribution in [3.63, 3.8) is 0 Å². The van der Waals surface area contributed by atoms with Gasteiger partial charge in [0.15, 0.2) is 0 Å². The first-order chi connectivity index (χ1) is 13.5. The molecule has 28 heavy (non-hydrogen) atoms. The Labute approximate surface area is 168 Å². The number of amides is 2. The fourth-order valence-corrected chi connectivity index (χ4v) is 3.05. The maximum Gasteiger partial charge on any atom is 0.251 e. The second kappa shape index (κ2) is 8.71. The Morgan fingerprint density at radius 2 is 1.93 bits per heavy atom. The standard InChI is InChI=1S/C21H21ClN4O2/c1-3-12-23-19(27)13-26-18-7-5-4-6-17(18)25-20(26)14(2)24-21(28)15-8-10-16(22)11-9-15/h3-11,14H,1,12-13H2,2H3,(H,23,27)(H,24,28). The Hall–Kier alpha value is -3.12. The van der Waals surface area contributed by atoms with E-state index in [0.29, 0.717) is 23.0 Å². The first-order valence-corrected chi connectivity index (χ1v) is 9.26. The number of hydrogen-bond acceptors (Lipinski definition) is 3. The van der Waals surface area contributed by atoms with E-state index in [1.165, 1.54) is 0 Å². The molecule has 0 fully saturated rings. The van der Waals surface area contributed by atoms with Crippen LogP contribution in [-0.4, -0.2) is 27.9 Å². The van der Waals surface area contributed by atoms with Crippen molar-refractivity contribution >= 4 is 34.4 Å². The van der Waals surface area contributed by atoms with E-state index in [2.05, 4.69) is 22.2 Å². The van der Waals surface area contributed by atoms with E-state index in [4.69, 9.17) is 11.6 Å². The average Bonchev–Trinajstić information content (AvgIpc) is 3.05. The summed E-state index contributed by atoms with van der Waals surface area (Å²) in [7, 11) is 0. The van der Waals surface area contributed by atoms with Crippen LogP contribution in [0.15, 0.2) is 61.2 Å². The normalized spacial score (nSPS) is 11.8. The third-order valence-corrected chi connectivity index (χ3v) is 4.52. The third-order valence-electron chi connectivity index (χ3n) is 4.27. The first-order valence-electron chi connectivity index (χ1n) is 8.88. The molecular formula is C21H21ClN4O2. The van der Waals surface area contributed by atoms with Gasteiger partial charge in [-0.15, -0.1) is 6.58 Å². The van der Waals surface area contributed by atoms with Gasteiger partial charge in [0.1, 0.15) is 12.4 Å². The van der Waals surface area contributed by atoms with Crippen molar-refractivity contribution in [2.45, 2.75) is 19.5 Å². The lowest BCUT2D eigenvalue weighted by Gasteiger charge is -2.16. The van der Waals surface area contributed by atoms with Crippen molar-refractivity contribution in [1.82, 2.24) is 20.2 Å². The van der Waals surface area contributed by atoms with Crippen molar-refractivity contribution in [2.75, 3.05) is 6.54 Å². The summed E-state index contributed by atoms with van der Waals surface area (Å²) in [4.78, 5) is 29.4. The minimum atomic E-state index is -0.400. The molecule has 0 aliphatic carbocycles. The number of para-hydroxylation sites is 2. The van der Waals surface area contributed by atoms with Gasteiger partial charge in [-0.1, -0.05) is 29.8 Å². The van der Waals surface area contributed by atoms with Crippen LogP contribution >= 0.6 is 11.6 Å². The van der Waals surface area contributed by atoms with Crippen molar-refractivity contribution in [3.05, 3.63) is 77.6 Å². The van der Waals surface area contributed by atoms with Crippen LogP contribution in [0.4, 0.5) is 0 Å². The van der Waals surface area contributed by atoms with Gasteiger partial charge in [0.2, 0.25) is 5.91 Å². The highest BCUT2D eigenvalue weighted by atomic mass is 35.5. The van der Waals surface area contributed by atoms with Crippen molar-refractivity contribution < 1.29 is 9.59 Å². The second-order valence-corrected chi connectivity index (χ2v) is 6.78. The van der Waals surface area contributed by atoms with Crippen LogP contribution in [0.2, 0.25) is 5.02 Å². The highest BCUT2D eigenvalue weighted by Gasteiger charge is 2.20. The molecule has 7 heteroatoms. The zero-order chi connectivity index (χ0) is 20.1. The molecule has 1 aromatic heterocycles. The predicted octanol–water partition coefficient (Wildman–Crippen LogP) is 3.48. The van der Waals surface area contributed by atoms with E-state index in [1.807, 2.05) is 35.8 Å². The summed E-state index contributed by atoms with van der Waals surface area (Å²) < 4.78 is 1.82. The fourth-order valence-electron chi connectivity index (χ4n) is 2.92. The predicted molar refractivity (Wildman–Crippen MR) is 110 cm³/mol. The average molecular weight is 397 g/mol. The van der Waals surface area contributed by atoms with Gasteiger partial charge in [-0.05, 0) is 43.3 Å². The molecule has 0 saturated heterocycles. The highest BCUT2D eigenvalue weighted by molar-refractivity contribution is 6.30. The summed E-state index contributed by atoms with van der Waals surface area (Å²) >= 11 is 5.88. The fraction of sp³-hybridized carbons (Fsp3) is 0.190. The van der Waals surface area contributed by atoms with Crippen molar-refractivity contribution in [3.8, 4) is 0 Å².